The van der Waals surface area contributed by atoms with Crippen molar-refractivity contribution in [3.8, 4) is 5.75 Å². The van der Waals surface area contributed by atoms with Crippen molar-refractivity contribution >= 4 is 61.7 Å². The van der Waals surface area contributed by atoms with Gasteiger partial charge in [-0.1, -0.05) is 71.7 Å². The van der Waals surface area contributed by atoms with Crippen molar-refractivity contribution in [2.24, 2.45) is 0 Å². The van der Waals surface area contributed by atoms with Gasteiger partial charge in [-0.2, -0.15) is 0 Å². The predicted molar refractivity (Wildman–Crippen MR) is 221 cm³/mol. The third kappa shape index (κ3) is 9.57. The number of cyclic esters (lactones) is 1. The molecule has 2 fully saturated rings. The molecule has 0 bridgehead atoms. The number of halogens is 2. The normalized spacial score (nSPS) is 19.4. The molecule has 12 nitrogen and oxygen atoms in total. The number of sulfone groups is 1. The summed E-state index contributed by atoms with van der Waals surface area (Å²) < 4.78 is 48.8. The molecule has 8 rings (SSSR count). The summed E-state index contributed by atoms with van der Waals surface area (Å²) in [6.07, 6.45) is 6.14. The number of imidazole rings is 1. The summed E-state index contributed by atoms with van der Waals surface area (Å²) in [5.41, 5.74) is 4.72. The van der Waals surface area contributed by atoms with Crippen LogP contribution in [0.4, 0.5) is 5.69 Å². The smallest absolute Gasteiger partial charge is 0.339 e. The van der Waals surface area contributed by atoms with Crippen LogP contribution in [0.3, 0.4) is 0 Å². The van der Waals surface area contributed by atoms with E-state index in [1.165, 1.54) is 6.26 Å². The van der Waals surface area contributed by atoms with E-state index in [4.69, 9.17) is 42.1 Å². The van der Waals surface area contributed by atoms with Crippen LogP contribution >= 0.6 is 23.2 Å². The number of ether oxygens (including phenoxy) is 4. The molecule has 3 aliphatic heterocycles. The van der Waals surface area contributed by atoms with Crippen LogP contribution < -0.4 is 9.64 Å². The molecule has 3 aliphatic rings. The molecular formula is C43H42Cl2N4O8S. The van der Waals surface area contributed by atoms with Gasteiger partial charge in [0, 0.05) is 73.6 Å². The minimum Gasteiger partial charge on any atom is -0.491 e. The summed E-state index contributed by atoms with van der Waals surface area (Å²) in [5.74, 6) is -0.555. The van der Waals surface area contributed by atoms with E-state index >= 15 is 0 Å². The van der Waals surface area contributed by atoms with Crippen LogP contribution in [0.15, 0.2) is 121 Å². The summed E-state index contributed by atoms with van der Waals surface area (Å²) in [4.78, 5) is 32.1. The second-order valence-electron chi connectivity index (χ2n) is 14.1. The fraction of sp³-hybridized carbons (Fsp3) is 0.279. The van der Waals surface area contributed by atoms with Gasteiger partial charge in [0.1, 0.15) is 25.1 Å². The Hall–Kier alpha value is -5.18. The van der Waals surface area contributed by atoms with Crippen molar-refractivity contribution in [2.45, 2.75) is 30.3 Å². The number of hydrogen-bond acceptors (Lipinski definition) is 10. The lowest BCUT2D eigenvalue weighted by molar-refractivity contribution is -0.189. The van der Waals surface area contributed by atoms with Crippen LogP contribution in [-0.2, 0) is 46.0 Å². The van der Waals surface area contributed by atoms with Crippen LogP contribution in [0.2, 0.25) is 10.0 Å². The topological polar surface area (TPSA) is 129 Å². The Morgan fingerprint density at radius 1 is 0.931 bits per heavy atom. The van der Waals surface area contributed by atoms with Crippen molar-refractivity contribution in [3.63, 3.8) is 0 Å². The van der Waals surface area contributed by atoms with Crippen molar-refractivity contribution in [3.05, 3.63) is 143 Å². The molecule has 5 aromatic rings. The van der Waals surface area contributed by atoms with E-state index in [0.29, 0.717) is 40.9 Å². The first-order valence-electron chi connectivity index (χ1n) is 18.6. The summed E-state index contributed by atoms with van der Waals surface area (Å²) in [6.45, 7) is 6.00. The number of hydrogen-bond donors (Lipinski definition) is 0. The van der Waals surface area contributed by atoms with Gasteiger partial charge in [-0.3, -0.25) is 4.79 Å². The number of esters is 1. The lowest BCUT2D eigenvalue weighted by atomic mass is 9.97. The van der Waals surface area contributed by atoms with E-state index in [-0.39, 0.29) is 29.5 Å². The molecule has 58 heavy (non-hydrogen) atoms. The monoisotopic (exact) mass is 844 g/mol. The number of nitrogens with zero attached hydrogens (tertiary/aromatic N) is 4. The van der Waals surface area contributed by atoms with Gasteiger partial charge in [0.05, 0.1) is 35.0 Å². The molecule has 4 aromatic carbocycles. The Balaban J connectivity index is 0.000000199. The van der Waals surface area contributed by atoms with Gasteiger partial charge >= 0.3 is 5.97 Å². The molecule has 1 amide bonds. The Kier molecular flexibility index (Phi) is 12.5. The first-order chi connectivity index (χ1) is 27.9. The second-order valence-corrected chi connectivity index (χ2v) is 16.9. The van der Waals surface area contributed by atoms with Gasteiger partial charge < -0.3 is 33.3 Å². The molecule has 0 aliphatic carbocycles. The summed E-state index contributed by atoms with van der Waals surface area (Å²) in [6, 6.07) is 29.1. The number of piperazine rings is 1. The first-order valence-corrected chi connectivity index (χ1v) is 21.3. The molecule has 2 saturated heterocycles. The second kappa shape index (κ2) is 17.8. The molecule has 1 aromatic heterocycles. The van der Waals surface area contributed by atoms with Crippen LogP contribution in [-0.4, -0.2) is 93.1 Å². The highest BCUT2D eigenvalue weighted by molar-refractivity contribution is 7.90. The lowest BCUT2D eigenvalue weighted by Crippen LogP contribution is -2.48. The van der Waals surface area contributed by atoms with Crippen LogP contribution in [0.25, 0.3) is 11.1 Å². The van der Waals surface area contributed by atoms with Gasteiger partial charge in [0.25, 0.3) is 0 Å². The van der Waals surface area contributed by atoms with Gasteiger partial charge in [-0.05, 0) is 59.7 Å². The third-order valence-electron chi connectivity index (χ3n) is 10.1. The Labute approximate surface area is 347 Å². The van der Waals surface area contributed by atoms with Gasteiger partial charge in [-0.15, -0.1) is 0 Å². The third-order valence-corrected chi connectivity index (χ3v) is 11.7. The number of rotatable bonds is 10. The van der Waals surface area contributed by atoms with E-state index in [2.05, 4.69) is 9.88 Å². The van der Waals surface area contributed by atoms with Gasteiger partial charge in [0.15, 0.2) is 9.84 Å². The Bertz CT molecular complexity index is 2370. The fourth-order valence-electron chi connectivity index (χ4n) is 7.03. The molecule has 0 N–H and O–H groups in total. The number of carbonyl (C=O) groups excluding carboxylic acids is 2. The molecule has 4 heterocycles. The van der Waals surface area contributed by atoms with Crippen LogP contribution in [0.5, 0.6) is 5.75 Å². The van der Waals surface area contributed by atoms with E-state index < -0.39 is 15.6 Å². The summed E-state index contributed by atoms with van der Waals surface area (Å²) in [5, 5.41) is 1.02. The van der Waals surface area contributed by atoms with Gasteiger partial charge in [-0.25, -0.2) is 18.2 Å². The van der Waals surface area contributed by atoms with E-state index in [9.17, 15) is 18.0 Å². The minimum atomic E-state index is -3.23. The SMILES string of the molecule is CC(=O)N1CCN(c2ccc(OC[C@H]3CO[C@](Cn4ccnc4)(c4ccc(Cl)cc4Cl)O3)cc2)CC1.CS(=O)(=O)c1ccc(C2=C(c3ccccc3)C(=O)OC2)cc1. The largest absolute Gasteiger partial charge is 0.491 e. The fourth-order valence-corrected chi connectivity index (χ4v) is 8.21. The summed E-state index contributed by atoms with van der Waals surface area (Å²) in [7, 11) is -3.23. The maximum Gasteiger partial charge on any atom is 0.339 e. The van der Waals surface area contributed by atoms with Crippen molar-refractivity contribution in [2.75, 3.05) is 57.2 Å². The molecule has 2 atom stereocenters. The Morgan fingerprint density at radius 2 is 1.66 bits per heavy atom. The van der Waals surface area contributed by atoms with Gasteiger partial charge in [0.2, 0.25) is 11.7 Å². The molecule has 302 valence electrons. The molecule has 0 unspecified atom stereocenters. The first kappa shape index (κ1) is 41.0. The maximum absolute atomic E-state index is 12.0. The van der Waals surface area contributed by atoms with E-state index in [1.54, 1.807) is 55.8 Å². The molecular weight excluding hydrogens is 803 g/mol. The van der Waals surface area contributed by atoms with Crippen molar-refractivity contribution in [1.82, 2.24) is 14.5 Å². The zero-order valence-electron chi connectivity index (χ0n) is 31.9. The van der Waals surface area contributed by atoms with Crippen LogP contribution in [0.1, 0.15) is 23.6 Å². The van der Waals surface area contributed by atoms with Crippen molar-refractivity contribution < 1.29 is 37.0 Å². The lowest BCUT2D eigenvalue weighted by Gasteiger charge is -2.35. The van der Waals surface area contributed by atoms with E-state index in [1.807, 2.05) is 76.3 Å². The van der Waals surface area contributed by atoms with Crippen LogP contribution in [0, 0.1) is 0 Å². The summed E-state index contributed by atoms with van der Waals surface area (Å²) >= 11 is 12.7. The number of amides is 1. The number of carbonyl (C=O) groups is 2. The quantitative estimate of drug-likeness (QED) is 0.139. The highest BCUT2D eigenvalue weighted by atomic mass is 35.5. The highest BCUT2D eigenvalue weighted by Gasteiger charge is 2.45. The molecule has 15 heteroatoms. The molecule has 0 radical (unpaired) electrons. The zero-order chi connectivity index (χ0) is 40.9. The maximum atomic E-state index is 12.0. The molecule has 0 spiro atoms. The number of benzene rings is 4. The average Bonchev–Trinajstić information content (AvgIpc) is 3.99. The molecule has 0 saturated carbocycles. The minimum absolute atomic E-state index is 0.129. The Morgan fingerprint density at radius 3 is 2.29 bits per heavy atom. The predicted octanol–water partition coefficient (Wildman–Crippen LogP) is 6.76. The number of anilines is 1. The standard InChI is InChI=1S/C26H28Cl2N4O4.C17H14O4S/c1-19(33)31-10-12-32(13-11-31)21-3-5-22(6-4-21)34-15-23-16-35-26(36-23,17-30-9-8-29-18-30)24-7-2-20(27)14-25(24)28;1-22(19,20)14-9-7-12(8-10-14)15-11-21-17(18)16(15)13-5-3-2-4-6-13/h2-9,14,18,23H,10-13,15-17H2,1H3;2-10H,11H2,1H3/t23-,26-;/m0./s1. The number of aromatic nitrogens is 2. The zero-order valence-corrected chi connectivity index (χ0v) is 34.3. The average molecular weight is 846 g/mol. The van der Waals surface area contributed by atoms with Crippen molar-refractivity contribution in [1.29, 1.82) is 0 Å². The van der Waals surface area contributed by atoms with E-state index in [0.717, 1.165) is 54.3 Å². The highest BCUT2D eigenvalue weighted by Crippen LogP contribution is 2.41.